The molecule has 2 aromatic carbocycles. The molecule has 0 unspecified atom stereocenters. The van der Waals surface area contributed by atoms with Crippen LogP contribution in [0, 0.1) is 0 Å². The maximum Gasteiger partial charge on any atom is 0.182 e. The van der Waals surface area contributed by atoms with Crippen LogP contribution in [0.4, 0.5) is 15.8 Å². The van der Waals surface area contributed by atoms with Crippen LogP contribution in [-0.2, 0) is 0 Å². The lowest BCUT2D eigenvalue weighted by Crippen LogP contribution is -1.82. The zero-order valence-electron chi connectivity index (χ0n) is 11.2. The number of nitrogens with zero attached hydrogens (tertiary/aromatic N) is 3. The van der Waals surface area contributed by atoms with Crippen LogP contribution < -0.4 is 5.73 Å². The van der Waals surface area contributed by atoms with Crippen molar-refractivity contribution in [3.63, 3.8) is 0 Å². The van der Waals surface area contributed by atoms with Gasteiger partial charge in [0, 0.05) is 10.6 Å². The van der Waals surface area contributed by atoms with Crippen LogP contribution in [0.1, 0.15) is 0 Å². The molecule has 2 N–H and O–H groups in total. The number of rotatable bonds is 3. The second kappa shape index (κ2) is 6.44. The first kappa shape index (κ1) is 15.0. The second-order valence-electron chi connectivity index (χ2n) is 4.37. The molecule has 0 amide bonds. The quantitative estimate of drug-likeness (QED) is 0.579. The van der Waals surface area contributed by atoms with Gasteiger partial charge in [0.15, 0.2) is 10.1 Å². The van der Waals surface area contributed by atoms with Crippen molar-refractivity contribution in [2.75, 3.05) is 5.73 Å². The van der Waals surface area contributed by atoms with E-state index in [0.29, 0.717) is 31.6 Å². The van der Waals surface area contributed by atoms with Crippen LogP contribution in [0.25, 0.3) is 11.3 Å². The second-order valence-corrected chi connectivity index (χ2v) is 6.22. The van der Waals surface area contributed by atoms with Gasteiger partial charge in [-0.3, -0.25) is 0 Å². The maximum atomic E-state index is 6.08. The van der Waals surface area contributed by atoms with Gasteiger partial charge in [-0.05, 0) is 18.2 Å². The Morgan fingerprint density at radius 1 is 1.00 bits per heavy atom. The normalized spacial score (nSPS) is 11.2. The molecule has 0 saturated carbocycles. The number of nitrogens with two attached hydrogens (primary N) is 1. The summed E-state index contributed by atoms with van der Waals surface area (Å²) in [6.45, 7) is 0. The number of hydrogen-bond donors (Lipinski definition) is 1. The average molecular weight is 349 g/mol. The van der Waals surface area contributed by atoms with E-state index in [1.807, 2.05) is 30.3 Å². The van der Waals surface area contributed by atoms with Crippen molar-refractivity contribution in [3.05, 3.63) is 58.6 Å². The Labute approximate surface area is 141 Å². The third-order valence-corrected chi connectivity index (χ3v) is 4.15. The van der Waals surface area contributed by atoms with Gasteiger partial charge in [-0.2, -0.15) is 0 Å². The van der Waals surface area contributed by atoms with Gasteiger partial charge >= 0.3 is 0 Å². The molecule has 3 rings (SSSR count). The summed E-state index contributed by atoms with van der Waals surface area (Å²) in [4.78, 5) is 4.32. The van der Waals surface area contributed by atoms with Crippen molar-refractivity contribution in [2.45, 2.75) is 0 Å². The lowest BCUT2D eigenvalue weighted by molar-refractivity contribution is 1.24. The van der Waals surface area contributed by atoms with E-state index in [2.05, 4.69) is 15.2 Å². The first-order chi connectivity index (χ1) is 10.6. The lowest BCUT2D eigenvalue weighted by atomic mass is 10.2. The fourth-order valence-electron chi connectivity index (χ4n) is 1.84. The molecule has 4 nitrogen and oxygen atoms in total. The van der Waals surface area contributed by atoms with Crippen molar-refractivity contribution < 1.29 is 0 Å². The van der Waals surface area contributed by atoms with Gasteiger partial charge < -0.3 is 5.73 Å². The van der Waals surface area contributed by atoms with Crippen molar-refractivity contribution in [3.8, 4) is 11.3 Å². The first-order valence-corrected chi connectivity index (χ1v) is 7.89. The van der Waals surface area contributed by atoms with Gasteiger partial charge in [0.2, 0.25) is 0 Å². The minimum Gasteiger partial charge on any atom is -0.375 e. The number of benzene rings is 2. The zero-order valence-corrected chi connectivity index (χ0v) is 13.5. The van der Waals surface area contributed by atoms with Gasteiger partial charge in [0.25, 0.3) is 0 Å². The number of thiazole rings is 1. The molecule has 0 aliphatic carbocycles. The third kappa shape index (κ3) is 3.27. The van der Waals surface area contributed by atoms with Crippen LogP contribution in [-0.4, -0.2) is 4.98 Å². The number of aromatic nitrogens is 1. The molecular formula is C15H10Cl2N4S. The molecule has 0 fully saturated rings. The lowest BCUT2D eigenvalue weighted by Gasteiger charge is -1.98. The summed E-state index contributed by atoms with van der Waals surface area (Å²) in [5.41, 5.74) is 7.93. The van der Waals surface area contributed by atoms with Crippen LogP contribution in [0.5, 0.6) is 0 Å². The standard InChI is InChI=1S/C15H10Cl2N4S/c16-10-6-7-11(17)12(8-10)20-21-14-13(19-15(18)22-14)9-4-2-1-3-5-9/h1-8H,(H2,18,19). The Hall–Kier alpha value is -1.95. The summed E-state index contributed by atoms with van der Waals surface area (Å²) in [7, 11) is 0. The number of nitrogen functional groups attached to an aromatic ring is 1. The van der Waals surface area contributed by atoms with E-state index >= 15 is 0 Å². The average Bonchev–Trinajstić information content (AvgIpc) is 2.90. The van der Waals surface area contributed by atoms with Crippen molar-refractivity contribution >= 4 is 50.4 Å². The molecule has 0 spiro atoms. The molecule has 0 aliphatic rings. The van der Waals surface area contributed by atoms with E-state index < -0.39 is 0 Å². The van der Waals surface area contributed by atoms with Crippen LogP contribution >= 0.6 is 34.5 Å². The highest BCUT2D eigenvalue weighted by Gasteiger charge is 2.11. The van der Waals surface area contributed by atoms with Crippen LogP contribution in [0.2, 0.25) is 10.0 Å². The van der Waals surface area contributed by atoms with E-state index in [1.54, 1.807) is 18.2 Å². The predicted molar refractivity (Wildman–Crippen MR) is 92.6 cm³/mol. The Kier molecular flexibility index (Phi) is 4.38. The molecule has 110 valence electrons. The molecule has 0 bridgehead atoms. The Balaban J connectivity index is 1.99. The van der Waals surface area contributed by atoms with E-state index in [-0.39, 0.29) is 0 Å². The molecule has 7 heteroatoms. The highest BCUT2D eigenvalue weighted by atomic mass is 35.5. The van der Waals surface area contributed by atoms with E-state index in [9.17, 15) is 0 Å². The topological polar surface area (TPSA) is 63.6 Å². The van der Waals surface area contributed by atoms with Crippen molar-refractivity contribution in [2.24, 2.45) is 10.2 Å². The minimum absolute atomic E-state index is 0.435. The summed E-state index contributed by atoms with van der Waals surface area (Å²) in [6, 6.07) is 14.7. The highest BCUT2D eigenvalue weighted by molar-refractivity contribution is 7.19. The largest absolute Gasteiger partial charge is 0.375 e. The van der Waals surface area contributed by atoms with E-state index in [4.69, 9.17) is 28.9 Å². The van der Waals surface area contributed by atoms with Crippen LogP contribution in [0.3, 0.4) is 0 Å². The molecular weight excluding hydrogens is 339 g/mol. The van der Waals surface area contributed by atoms with Crippen molar-refractivity contribution in [1.29, 1.82) is 0 Å². The first-order valence-electron chi connectivity index (χ1n) is 6.32. The summed E-state index contributed by atoms with van der Waals surface area (Å²) in [6.07, 6.45) is 0. The third-order valence-electron chi connectivity index (χ3n) is 2.83. The van der Waals surface area contributed by atoms with Gasteiger partial charge in [0.1, 0.15) is 11.4 Å². The monoisotopic (exact) mass is 348 g/mol. The molecule has 0 aliphatic heterocycles. The Bertz CT molecular complexity index is 831. The SMILES string of the molecule is Nc1nc(-c2ccccc2)c(N=Nc2cc(Cl)ccc2Cl)s1. The van der Waals surface area contributed by atoms with Gasteiger partial charge in [0.05, 0.1) is 5.02 Å². The predicted octanol–water partition coefficient (Wildman–Crippen LogP) is 6.11. The molecule has 0 radical (unpaired) electrons. The van der Waals surface area contributed by atoms with E-state index in [1.165, 1.54) is 11.3 Å². The van der Waals surface area contributed by atoms with Gasteiger partial charge in [-0.25, -0.2) is 4.98 Å². The molecule has 1 heterocycles. The summed E-state index contributed by atoms with van der Waals surface area (Å²) in [5.74, 6) is 0. The van der Waals surface area contributed by atoms with Gasteiger partial charge in [-0.1, -0.05) is 64.9 Å². The molecule has 22 heavy (non-hydrogen) atoms. The fraction of sp³-hybridized carbons (Fsp3) is 0. The number of azo groups is 1. The smallest absolute Gasteiger partial charge is 0.182 e. The van der Waals surface area contributed by atoms with Crippen LogP contribution in [0.15, 0.2) is 58.8 Å². The van der Waals surface area contributed by atoms with E-state index in [0.717, 1.165) is 5.56 Å². The summed E-state index contributed by atoms with van der Waals surface area (Å²) >= 11 is 13.3. The number of halogens is 2. The maximum absolute atomic E-state index is 6.08. The molecule has 1 aromatic heterocycles. The molecule has 0 saturated heterocycles. The summed E-state index contributed by atoms with van der Waals surface area (Å²) < 4.78 is 0. The zero-order chi connectivity index (χ0) is 15.5. The minimum atomic E-state index is 0.435. The van der Waals surface area contributed by atoms with Gasteiger partial charge in [-0.15, -0.1) is 10.2 Å². The highest BCUT2D eigenvalue weighted by Crippen LogP contribution is 2.38. The number of anilines is 1. The summed E-state index contributed by atoms with van der Waals surface area (Å²) in [5, 5.41) is 10.5. The fourth-order valence-corrected chi connectivity index (χ4v) is 2.84. The molecule has 3 aromatic rings. The Morgan fingerprint density at radius 2 is 1.77 bits per heavy atom. The van der Waals surface area contributed by atoms with Crippen molar-refractivity contribution in [1.82, 2.24) is 4.98 Å². The number of hydrogen-bond acceptors (Lipinski definition) is 5. The Morgan fingerprint density at radius 3 is 2.55 bits per heavy atom. The molecule has 0 atom stereocenters.